The van der Waals surface area contributed by atoms with E-state index < -0.39 is 12.0 Å². The van der Waals surface area contributed by atoms with Gasteiger partial charge >= 0.3 is 12.0 Å². The number of amides is 2. The third-order valence-electron chi connectivity index (χ3n) is 2.88. The van der Waals surface area contributed by atoms with Crippen LogP contribution in [-0.2, 0) is 4.79 Å². The van der Waals surface area contributed by atoms with Crippen molar-refractivity contribution in [2.45, 2.75) is 13.3 Å². The second-order valence-corrected chi connectivity index (χ2v) is 4.46. The Bertz CT molecular complexity index is 646. The fourth-order valence-corrected chi connectivity index (χ4v) is 1.67. The van der Waals surface area contributed by atoms with Crippen molar-refractivity contribution in [1.29, 1.82) is 0 Å². The zero-order valence-corrected chi connectivity index (χ0v) is 11.6. The maximum atomic E-state index is 11.8. The number of hydrogen-bond acceptors (Lipinski definition) is 5. The number of rotatable bonds is 5. The number of hydrogen-bond donors (Lipinski definition) is 2. The molecule has 0 fully saturated rings. The van der Waals surface area contributed by atoms with Crippen LogP contribution < -0.4 is 5.32 Å². The molecule has 0 unspecified atom stereocenters. The van der Waals surface area contributed by atoms with E-state index in [1.165, 1.54) is 18.2 Å². The monoisotopic (exact) mass is 293 g/mol. The van der Waals surface area contributed by atoms with Crippen molar-refractivity contribution in [3.8, 4) is 11.3 Å². The molecule has 0 bridgehead atoms. The van der Waals surface area contributed by atoms with Crippen LogP contribution in [0.15, 0.2) is 27.3 Å². The Morgan fingerprint density at radius 2 is 2.24 bits per heavy atom. The van der Waals surface area contributed by atoms with Crippen molar-refractivity contribution in [2.75, 3.05) is 18.9 Å². The average Bonchev–Trinajstić information content (AvgIpc) is 3.04. The first kappa shape index (κ1) is 14.6. The predicted molar refractivity (Wildman–Crippen MR) is 72.8 cm³/mol. The first-order chi connectivity index (χ1) is 9.97. The predicted octanol–water partition coefficient (Wildman–Crippen LogP) is 2.18. The summed E-state index contributed by atoms with van der Waals surface area (Å²) < 4.78 is 10.3. The van der Waals surface area contributed by atoms with Crippen LogP contribution in [0.2, 0.25) is 0 Å². The van der Waals surface area contributed by atoms with Gasteiger partial charge in [0.25, 0.3) is 0 Å². The highest BCUT2D eigenvalue weighted by Gasteiger charge is 2.15. The van der Waals surface area contributed by atoms with Crippen LogP contribution in [0.1, 0.15) is 12.2 Å². The number of aromatic nitrogens is 1. The van der Waals surface area contributed by atoms with Crippen LogP contribution in [0, 0.1) is 6.92 Å². The van der Waals surface area contributed by atoms with Crippen LogP contribution >= 0.6 is 0 Å². The quantitative estimate of drug-likeness (QED) is 0.874. The molecule has 0 aliphatic carbocycles. The lowest BCUT2D eigenvalue weighted by Crippen LogP contribution is -2.33. The molecule has 2 aromatic heterocycles. The SMILES string of the molecule is Cc1occc1-c1cc(NC(=O)N(C)CCC(=O)O)no1. The van der Waals surface area contributed by atoms with Gasteiger partial charge in [0.1, 0.15) is 5.76 Å². The molecule has 0 aromatic carbocycles. The molecule has 0 aliphatic heterocycles. The van der Waals surface area contributed by atoms with E-state index in [-0.39, 0.29) is 18.8 Å². The van der Waals surface area contributed by atoms with Gasteiger partial charge in [0.05, 0.1) is 18.2 Å². The fourth-order valence-electron chi connectivity index (χ4n) is 1.67. The van der Waals surface area contributed by atoms with E-state index in [9.17, 15) is 9.59 Å². The van der Waals surface area contributed by atoms with Gasteiger partial charge < -0.3 is 18.9 Å². The van der Waals surface area contributed by atoms with Crippen LogP contribution in [0.4, 0.5) is 10.6 Å². The molecule has 0 spiro atoms. The van der Waals surface area contributed by atoms with Gasteiger partial charge in [-0.15, -0.1) is 0 Å². The van der Waals surface area contributed by atoms with E-state index in [4.69, 9.17) is 14.0 Å². The molecule has 0 radical (unpaired) electrons. The van der Waals surface area contributed by atoms with E-state index in [0.717, 1.165) is 5.56 Å². The second kappa shape index (κ2) is 6.12. The summed E-state index contributed by atoms with van der Waals surface area (Å²) in [6, 6.07) is 2.85. The summed E-state index contributed by atoms with van der Waals surface area (Å²) in [5.74, 6) is 0.443. The van der Waals surface area contributed by atoms with Crippen molar-refractivity contribution < 1.29 is 23.6 Å². The van der Waals surface area contributed by atoms with Gasteiger partial charge in [0.15, 0.2) is 11.6 Å². The van der Waals surface area contributed by atoms with Gasteiger partial charge in [-0.05, 0) is 13.0 Å². The average molecular weight is 293 g/mol. The molecule has 0 saturated carbocycles. The van der Waals surface area contributed by atoms with E-state index in [1.807, 2.05) is 0 Å². The molecule has 112 valence electrons. The smallest absolute Gasteiger partial charge is 0.322 e. The normalized spacial score (nSPS) is 10.4. The zero-order chi connectivity index (χ0) is 15.4. The van der Waals surface area contributed by atoms with Gasteiger partial charge in [-0.25, -0.2) is 4.79 Å². The maximum Gasteiger partial charge on any atom is 0.322 e. The molecule has 21 heavy (non-hydrogen) atoms. The molecule has 8 heteroatoms. The molecule has 0 saturated heterocycles. The number of anilines is 1. The molecular formula is C13H15N3O5. The first-order valence-electron chi connectivity index (χ1n) is 6.22. The van der Waals surface area contributed by atoms with Crippen LogP contribution in [0.3, 0.4) is 0 Å². The number of carboxylic acids is 1. The van der Waals surface area contributed by atoms with Crippen molar-refractivity contribution in [2.24, 2.45) is 0 Å². The summed E-state index contributed by atoms with van der Waals surface area (Å²) in [6.45, 7) is 1.89. The van der Waals surface area contributed by atoms with Gasteiger partial charge in [-0.3, -0.25) is 10.1 Å². The molecule has 0 aliphatic rings. The van der Waals surface area contributed by atoms with E-state index in [1.54, 1.807) is 19.1 Å². The second-order valence-electron chi connectivity index (χ2n) is 4.46. The minimum absolute atomic E-state index is 0.104. The number of aliphatic carboxylic acids is 1. The number of furan rings is 1. The third-order valence-corrected chi connectivity index (χ3v) is 2.88. The summed E-state index contributed by atoms with van der Waals surface area (Å²) in [5, 5.41) is 14.8. The van der Waals surface area contributed by atoms with Gasteiger partial charge in [-0.2, -0.15) is 0 Å². The Hall–Kier alpha value is -2.77. The molecule has 0 atom stereocenters. The first-order valence-corrected chi connectivity index (χ1v) is 6.22. The number of carbonyl (C=O) groups excluding carboxylic acids is 1. The molecule has 2 amide bonds. The van der Waals surface area contributed by atoms with Crippen LogP contribution in [0.25, 0.3) is 11.3 Å². The lowest BCUT2D eigenvalue weighted by Gasteiger charge is -2.15. The minimum Gasteiger partial charge on any atom is -0.481 e. The fraction of sp³-hybridized carbons (Fsp3) is 0.308. The van der Waals surface area contributed by atoms with Crippen molar-refractivity contribution in [3.63, 3.8) is 0 Å². The standard InChI is InChI=1S/C13H15N3O5/c1-8-9(4-6-20-8)10-7-11(15-21-10)14-13(19)16(2)5-3-12(17)18/h4,6-7H,3,5H2,1-2H3,(H,17,18)(H,14,15,19). The third kappa shape index (κ3) is 3.62. The van der Waals surface area contributed by atoms with Crippen LogP contribution in [0.5, 0.6) is 0 Å². The Morgan fingerprint density at radius 3 is 2.86 bits per heavy atom. The van der Waals surface area contributed by atoms with Gasteiger partial charge in [-0.1, -0.05) is 5.16 Å². The van der Waals surface area contributed by atoms with Crippen molar-refractivity contribution in [3.05, 3.63) is 24.2 Å². The lowest BCUT2D eigenvalue weighted by molar-refractivity contribution is -0.137. The summed E-state index contributed by atoms with van der Waals surface area (Å²) in [6.07, 6.45) is 1.41. The number of carbonyl (C=O) groups is 2. The molecule has 2 rings (SSSR count). The molecule has 2 N–H and O–H groups in total. The maximum absolute atomic E-state index is 11.8. The Labute approximate surface area is 120 Å². The Kier molecular flexibility index (Phi) is 4.27. The molecular weight excluding hydrogens is 278 g/mol. The highest BCUT2D eigenvalue weighted by molar-refractivity contribution is 5.88. The van der Waals surface area contributed by atoms with Crippen molar-refractivity contribution >= 4 is 17.8 Å². The number of nitrogens with one attached hydrogen (secondary N) is 1. The summed E-state index contributed by atoms with van der Waals surface area (Å²) in [4.78, 5) is 23.5. The van der Waals surface area contributed by atoms with E-state index >= 15 is 0 Å². The number of nitrogens with zero attached hydrogens (tertiary/aromatic N) is 2. The lowest BCUT2D eigenvalue weighted by atomic mass is 10.2. The summed E-state index contributed by atoms with van der Waals surface area (Å²) in [7, 11) is 1.50. The topological polar surface area (TPSA) is 109 Å². The summed E-state index contributed by atoms with van der Waals surface area (Å²) in [5.41, 5.74) is 0.752. The van der Waals surface area contributed by atoms with E-state index in [0.29, 0.717) is 11.5 Å². The Morgan fingerprint density at radius 1 is 1.48 bits per heavy atom. The number of carboxylic acid groups (broad SMARTS) is 1. The van der Waals surface area contributed by atoms with Crippen molar-refractivity contribution in [1.82, 2.24) is 10.1 Å². The van der Waals surface area contributed by atoms with Gasteiger partial charge in [0, 0.05) is 19.7 Å². The van der Waals surface area contributed by atoms with E-state index in [2.05, 4.69) is 10.5 Å². The Balaban J connectivity index is 1.98. The highest BCUT2D eigenvalue weighted by Crippen LogP contribution is 2.26. The number of urea groups is 1. The zero-order valence-electron chi connectivity index (χ0n) is 11.6. The molecule has 2 aromatic rings. The van der Waals surface area contributed by atoms with Gasteiger partial charge in [0.2, 0.25) is 0 Å². The largest absolute Gasteiger partial charge is 0.481 e. The molecule has 8 nitrogen and oxygen atoms in total. The number of aryl methyl sites for hydroxylation is 1. The minimum atomic E-state index is -0.964. The molecule has 2 heterocycles. The van der Waals surface area contributed by atoms with Crippen LogP contribution in [-0.4, -0.2) is 40.8 Å². The summed E-state index contributed by atoms with van der Waals surface area (Å²) >= 11 is 0. The highest BCUT2D eigenvalue weighted by atomic mass is 16.5.